The summed E-state index contributed by atoms with van der Waals surface area (Å²) in [6.07, 6.45) is 5.27. The van der Waals surface area contributed by atoms with Gasteiger partial charge < -0.3 is 15.8 Å². The van der Waals surface area contributed by atoms with Crippen LogP contribution in [0.4, 0.5) is 5.95 Å². The lowest BCUT2D eigenvalue weighted by Crippen LogP contribution is -2.20. The largest absolute Gasteiger partial charge is 0.481 e. The molecular formula is C11H18N4O. The summed E-state index contributed by atoms with van der Waals surface area (Å²) >= 11 is 0. The van der Waals surface area contributed by atoms with Crippen molar-refractivity contribution in [2.24, 2.45) is 11.1 Å². The molecule has 2 rings (SSSR count). The molecule has 1 saturated carbocycles. The molecule has 1 aromatic rings. The van der Waals surface area contributed by atoms with Crippen LogP contribution in [-0.2, 0) is 0 Å². The number of hydrogen-bond donors (Lipinski definition) is 2. The molecule has 0 atom stereocenters. The normalized spacial score (nSPS) is 16.9. The topological polar surface area (TPSA) is 73.1 Å². The Balaban J connectivity index is 1.89. The number of aromatic nitrogens is 2. The minimum atomic E-state index is 0.390. The average Bonchev–Trinajstić information content (AvgIpc) is 3.08. The fourth-order valence-corrected chi connectivity index (χ4v) is 1.81. The first-order valence-electron chi connectivity index (χ1n) is 5.59. The van der Waals surface area contributed by atoms with Crippen molar-refractivity contribution in [2.75, 3.05) is 25.5 Å². The van der Waals surface area contributed by atoms with E-state index in [9.17, 15) is 0 Å². The summed E-state index contributed by atoms with van der Waals surface area (Å²) in [6, 6.07) is 1.73. The molecule has 0 unspecified atom stereocenters. The molecular weight excluding hydrogens is 204 g/mol. The Bertz CT molecular complexity index is 352. The van der Waals surface area contributed by atoms with E-state index in [1.165, 1.54) is 12.8 Å². The lowest BCUT2D eigenvalue weighted by atomic mass is 10.0. The molecule has 3 N–H and O–H groups in total. The third kappa shape index (κ3) is 2.61. The molecule has 0 bridgehead atoms. The van der Waals surface area contributed by atoms with E-state index in [0.29, 0.717) is 17.2 Å². The Hall–Kier alpha value is -1.36. The van der Waals surface area contributed by atoms with Crippen LogP contribution in [0.2, 0.25) is 0 Å². The zero-order valence-corrected chi connectivity index (χ0v) is 9.57. The van der Waals surface area contributed by atoms with Gasteiger partial charge in [-0.3, -0.25) is 0 Å². The average molecular weight is 222 g/mol. The van der Waals surface area contributed by atoms with Gasteiger partial charge in [-0.05, 0) is 31.2 Å². The van der Waals surface area contributed by atoms with Crippen molar-refractivity contribution in [1.82, 2.24) is 9.97 Å². The predicted molar refractivity (Wildman–Crippen MR) is 62.4 cm³/mol. The molecule has 0 spiro atoms. The zero-order chi connectivity index (χ0) is 11.4. The summed E-state index contributed by atoms with van der Waals surface area (Å²) in [4.78, 5) is 8.35. The van der Waals surface area contributed by atoms with Crippen LogP contribution >= 0.6 is 0 Å². The SMILES string of the molecule is COc1ccnc(NCC2(CCN)CC2)n1. The zero-order valence-electron chi connectivity index (χ0n) is 9.57. The molecule has 1 fully saturated rings. The van der Waals surface area contributed by atoms with Gasteiger partial charge in [-0.25, -0.2) is 4.98 Å². The number of nitrogens with one attached hydrogen (secondary N) is 1. The van der Waals surface area contributed by atoms with Crippen molar-refractivity contribution in [3.8, 4) is 5.88 Å². The molecule has 0 saturated heterocycles. The Morgan fingerprint density at radius 3 is 3.00 bits per heavy atom. The van der Waals surface area contributed by atoms with Crippen LogP contribution in [0.25, 0.3) is 0 Å². The van der Waals surface area contributed by atoms with Crippen LogP contribution in [-0.4, -0.2) is 30.2 Å². The number of methoxy groups -OCH3 is 1. The standard InChI is InChI=1S/C11H18N4O/c1-16-9-2-7-13-10(15-9)14-8-11(3-4-11)5-6-12/h2,7H,3-6,8,12H2,1H3,(H,13,14,15). The molecule has 1 aliphatic rings. The predicted octanol–water partition coefficient (Wildman–Crippen LogP) is 1.03. The molecule has 0 radical (unpaired) electrons. The van der Waals surface area contributed by atoms with Crippen LogP contribution in [0.5, 0.6) is 5.88 Å². The monoisotopic (exact) mass is 222 g/mol. The third-order valence-electron chi connectivity index (χ3n) is 3.09. The lowest BCUT2D eigenvalue weighted by molar-refractivity contribution is 0.397. The number of rotatable bonds is 6. The van der Waals surface area contributed by atoms with Gasteiger partial charge in [0, 0.05) is 18.8 Å². The fraction of sp³-hybridized carbons (Fsp3) is 0.636. The van der Waals surface area contributed by atoms with Crippen LogP contribution in [0.1, 0.15) is 19.3 Å². The first-order chi connectivity index (χ1) is 7.78. The summed E-state index contributed by atoms with van der Waals surface area (Å²) in [6.45, 7) is 1.65. The molecule has 1 aliphatic carbocycles. The summed E-state index contributed by atoms with van der Waals surface area (Å²) in [7, 11) is 1.60. The first-order valence-corrected chi connectivity index (χ1v) is 5.59. The van der Waals surface area contributed by atoms with E-state index in [4.69, 9.17) is 10.5 Å². The lowest BCUT2D eigenvalue weighted by Gasteiger charge is -2.14. The van der Waals surface area contributed by atoms with Gasteiger partial charge in [0.1, 0.15) is 0 Å². The second kappa shape index (κ2) is 4.65. The Kier molecular flexibility index (Phi) is 3.24. The van der Waals surface area contributed by atoms with E-state index >= 15 is 0 Å². The van der Waals surface area contributed by atoms with Crippen molar-refractivity contribution in [3.05, 3.63) is 12.3 Å². The number of ether oxygens (including phenoxy) is 1. The van der Waals surface area contributed by atoms with Gasteiger partial charge in [-0.2, -0.15) is 4.98 Å². The van der Waals surface area contributed by atoms with Crippen molar-refractivity contribution < 1.29 is 4.74 Å². The van der Waals surface area contributed by atoms with Crippen molar-refractivity contribution in [1.29, 1.82) is 0 Å². The maximum atomic E-state index is 5.59. The van der Waals surface area contributed by atoms with Gasteiger partial charge in [-0.15, -0.1) is 0 Å². The van der Waals surface area contributed by atoms with Gasteiger partial charge >= 0.3 is 0 Å². The number of anilines is 1. The van der Waals surface area contributed by atoms with Gasteiger partial charge in [0.15, 0.2) is 0 Å². The summed E-state index contributed by atoms with van der Waals surface area (Å²) < 4.78 is 5.04. The molecule has 5 nitrogen and oxygen atoms in total. The van der Waals surface area contributed by atoms with E-state index in [2.05, 4.69) is 15.3 Å². The van der Waals surface area contributed by atoms with Gasteiger partial charge in [0.05, 0.1) is 7.11 Å². The Labute approximate surface area is 95.4 Å². The molecule has 0 aliphatic heterocycles. The van der Waals surface area contributed by atoms with Crippen LogP contribution in [0, 0.1) is 5.41 Å². The highest BCUT2D eigenvalue weighted by molar-refractivity contribution is 5.28. The first kappa shape index (κ1) is 11.1. The highest BCUT2D eigenvalue weighted by Crippen LogP contribution is 2.48. The van der Waals surface area contributed by atoms with Crippen LogP contribution < -0.4 is 15.8 Å². The maximum Gasteiger partial charge on any atom is 0.225 e. The minimum Gasteiger partial charge on any atom is -0.481 e. The van der Waals surface area contributed by atoms with E-state index in [-0.39, 0.29) is 0 Å². The summed E-state index contributed by atoms with van der Waals surface area (Å²) in [5.41, 5.74) is 5.98. The van der Waals surface area contributed by atoms with Crippen molar-refractivity contribution in [3.63, 3.8) is 0 Å². The van der Waals surface area contributed by atoms with E-state index in [0.717, 1.165) is 19.5 Å². The summed E-state index contributed by atoms with van der Waals surface area (Å²) in [5.74, 6) is 1.21. The molecule has 0 amide bonds. The molecule has 1 aromatic heterocycles. The number of nitrogens with two attached hydrogens (primary N) is 1. The van der Waals surface area contributed by atoms with Crippen LogP contribution in [0.3, 0.4) is 0 Å². The van der Waals surface area contributed by atoms with E-state index in [1.54, 1.807) is 19.4 Å². The minimum absolute atomic E-state index is 0.390. The van der Waals surface area contributed by atoms with Gasteiger partial charge in [0.25, 0.3) is 0 Å². The maximum absolute atomic E-state index is 5.59. The number of hydrogen-bond acceptors (Lipinski definition) is 5. The van der Waals surface area contributed by atoms with E-state index in [1.807, 2.05) is 0 Å². The Morgan fingerprint density at radius 1 is 1.56 bits per heavy atom. The quantitative estimate of drug-likeness (QED) is 0.752. The van der Waals surface area contributed by atoms with E-state index < -0.39 is 0 Å². The highest BCUT2D eigenvalue weighted by atomic mass is 16.5. The van der Waals surface area contributed by atoms with Crippen molar-refractivity contribution in [2.45, 2.75) is 19.3 Å². The molecule has 0 aromatic carbocycles. The third-order valence-corrected chi connectivity index (χ3v) is 3.09. The molecule has 1 heterocycles. The fourth-order valence-electron chi connectivity index (χ4n) is 1.81. The van der Waals surface area contributed by atoms with Crippen LogP contribution in [0.15, 0.2) is 12.3 Å². The highest BCUT2D eigenvalue weighted by Gasteiger charge is 2.41. The van der Waals surface area contributed by atoms with Crippen molar-refractivity contribution >= 4 is 5.95 Å². The smallest absolute Gasteiger partial charge is 0.225 e. The second-order valence-electron chi connectivity index (χ2n) is 4.31. The molecule has 88 valence electrons. The van der Waals surface area contributed by atoms with Gasteiger partial charge in [0.2, 0.25) is 11.8 Å². The molecule has 16 heavy (non-hydrogen) atoms. The molecule has 5 heteroatoms. The second-order valence-corrected chi connectivity index (χ2v) is 4.31. The Morgan fingerprint density at radius 2 is 2.38 bits per heavy atom. The van der Waals surface area contributed by atoms with Gasteiger partial charge in [-0.1, -0.05) is 0 Å². The number of nitrogens with zero attached hydrogens (tertiary/aromatic N) is 2. The summed E-state index contributed by atoms with van der Waals surface area (Å²) in [5, 5.41) is 3.25.